The molecule has 15 heavy (non-hydrogen) atoms. The number of halogens is 1. The third-order valence-electron chi connectivity index (χ3n) is 2.15. The molecule has 0 spiro atoms. The number of nitrogen functional groups attached to an aromatic ring is 1. The van der Waals surface area contributed by atoms with Crippen LogP contribution in [0.4, 0.5) is 11.4 Å². The number of carbonyl (C=O) groups excluding carboxylic acids is 1. The van der Waals surface area contributed by atoms with Crippen LogP contribution >= 0.6 is 15.9 Å². The number of nitrogens with two attached hydrogens (primary N) is 1. The number of carbonyl (C=O) groups is 1. The predicted octanol–water partition coefficient (Wildman–Crippen LogP) is 2.14. The first-order valence-corrected chi connectivity index (χ1v) is 5.41. The second-order valence-corrected chi connectivity index (χ2v) is 4.47. The zero-order chi connectivity index (χ0) is 11.0. The lowest BCUT2D eigenvalue weighted by molar-refractivity contribution is -0.117. The normalized spacial score (nSPS) is 19.9. The van der Waals surface area contributed by atoms with Crippen molar-refractivity contribution in [2.24, 2.45) is 0 Å². The summed E-state index contributed by atoms with van der Waals surface area (Å²) in [4.78, 5) is 11.4. The summed E-state index contributed by atoms with van der Waals surface area (Å²) < 4.78 is 6.40. The molecule has 0 fully saturated rings. The molecule has 1 atom stereocenters. The highest BCUT2D eigenvalue weighted by Gasteiger charge is 2.21. The molecule has 1 aliphatic rings. The van der Waals surface area contributed by atoms with Crippen LogP contribution in [0, 0.1) is 0 Å². The van der Waals surface area contributed by atoms with E-state index >= 15 is 0 Å². The smallest absolute Gasteiger partial charge is 0.228 e. The highest BCUT2D eigenvalue weighted by Crippen LogP contribution is 2.37. The van der Waals surface area contributed by atoms with E-state index in [1.165, 1.54) is 0 Å². The van der Waals surface area contributed by atoms with E-state index in [1.807, 2.05) is 6.92 Å². The average molecular weight is 271 g/mol. The summed E-state index contributed by atoms with van der Waals surface area (Å²) in [5.41, 5.74) is 6.96. The fourth-order valence-electron chi connectivity index (χ4n) is 1.54. The fraction of sp³-hybridized carbons (Fsp3) is 0.300. The van der Waals surface area contributed by atoms with Gasteiger partial charge in [0.2, 0.25) is 5.91 Å². The first-order chi connectivity index (χ1) is 7.06. The summed E-state index contributed by atoms with van der Waals surface area (Å²) in [6.07, 6.45) is 0.181. The van der Waals surface area contributed by atoms with Gasteiger partial charge in [-0.2, -0.15) is 0 Å². The number of fused-ring (bicyclic) bond motifs is 1. The van der Waals surface area contributed by atoms with Crippen LogP contribution in [0.3, 0.4) is 0 Å². The molecule has 1 aliphatic heterocycles. The summed E-state index contributed by atoms with van der Waals surface area (Å²) in [7, 11) is 0. The van der Waals surface area contributed by atoms with E-state index in [0.29, 0.717) is 23.5 Å². The molecule has 5 heteroatoms. The van der Waals surface area contributed by atoms with Gasteiger partial charge in [-0.25, -0.2) is 0 Å². The second-order valence-electron chi connectivity index (χ2n) is 3.55. The van der Waals surface area contributed by atoms with Crippen LogP contribution in [0.15, 0.2) is 16.6 Å². The Bertz CT molecular complexity index is 420. The largest absolute Gasteiger partial charge is 0.486 e. The zero-order valence-electron chi connectivity index (χ0n) is 8.21. The Morgan fingerprint density at radius 1 is 1.60 bits per heavy atom. The van der Waals surface area contributed by atoms with E-state index in [2.05, 4.69) is 21.2 Å². The van der Waals surface area contributed by atoms with Crippen molar-refractivity contribution in [2.75, 3.05) is 11.1 Å². The van der Waals surface area contributed by atoms with Gasteiger partial charge < -0.3 is 15.8 Å². The van der Waals surface area contributed by atoms with E-state index in [4.69, 9.17) is 10.5 Å². The van der Waals surface area contributed by atoms with Gasteiger partial charge in [0.1, 0.15) is 6.10 Å². The summed E-state index contributed by atoms with van der Waals surface area (Å²) in [6.45, 7) is 1.84. The Balaban J connectivity index is 2.50. The molecule has 1 aromatic carbocycles. The van der Waals surface area contributed by atoms with Crippen LogP contribution in [0.25, 0.3) is 0 Å². The number of ether oxygens (including phenoxy) is 1. The van der Waals surface area contributed by atoms with Gasteiger partial charge in [-0.1, -0.05) is 15.9 Å². The second kappa shape index (κ2) is 3.73. The van der Waals surface area contributed by atoms with Gasteiger partial charge in [-0.05, 0) is 19.1 Å². The molecular formula is C10H11BrN2O2. The molecule has 0 bridgehead atoms. The molecule has 4 nitrogen and oxygen atoms in total. The van der Waals surface area contributed by atoms with Crippen LogP contribution in [0.1, 0.15) is 13.3 Å². The highest BCUT2D eigenvalue weighted by atomic mass is 79.9. The molecule has 0 aliphatic carbocycles. The summed E-state index contributed by atoms with van der Waals surface area (Å²) >= 11 is 3.31. The van der Waals surface area contributed by atoms with Crippen molar-refractivity contribution in [2.45, 2.75) is 19.4 Å². The molecule has 0 aromatic heterocycles. The third kappa shape index (κ3) is 2.07. The lowest BCUT2D eigenvalue weighted by atomic mass is 10.2. The van der Waals surface area contributed by atoms with Gasteiger partial charge in [0.25, 0.3) is 0 Å². The number of benzene rings is 1. The summed E-state index contributed by atoms with van der Waals surface area (Å²) in [5.74, 6) is 0.496. The highest BCUT2D eigenvalue weighted by molar-refractivity contribution is 9.10. The topological polar surface area (TPSA) is 64.4 Å². The van der Waals surface area contributed by atoms with Crippen molar-refractivity contribution in [3.63, 3.8) is 0 Å². The van der Waals surface area contributed by atoms with Gasteiger partial charge in [0.15, 0.2) is 5.75 Å². The molecule has 2 rings (SSSR count). The van der Waals surface area contributed by atoms with Gasteiger partial charge >= 0.3 is 0 Å². The van der Waals surface area contributed by atoms with Gasteiger partial charge in [0.05, 0.1) is 17.8 Å². The number of rotatable bonds is 0. The van der Waals surface area contributed by atoms with E-state index in [9.17, 15) is 4.79 Å². The quantitative estimate of drug-likeness (QED) is 0.710. The Morgan fingerprint density at radius 2 is 2.33 bits per heavy atom. The van der Waals surface area contributed by atoms with Gasteiger partial charge in [-0.15, -0.1) is 0 Å². The molecule has 1 aromatic rings. The lowest BCUT2D eigenvalue weighted by Gasteiger charge is -2.13. The van der Waals surface area contributed by atoms with Crippen molar-refractivity contribution in [3.05, 3.63) is 16.6 Å². The predicted molar refractivity (Wildman–Crippen MR) is 61.9 cm³/mol. The van der Waals surface area contributed by atoms with Crippen molar-refractivity contribution < 1.29 is 9.53 Å². The Hall–Kier alpha value is -1.23. The van der Waals surface area contributed by atoms with E-state index in [0.717, 1.165) is 4.47 Å². The Labute approximate surface area is 95.9 Å². The monoisotopic (exact) mass is 270 g/mol. The average Bonchev–Trinajstić information content (AvgIpc) is 2.22. The van der Waals surface area contributed by atoms with Crippen LogP contribution in [0.2, 0.25) is 0 Å². The minimum absolute atomic E-state index is 0.0567. The SMILES string of the molecule is CC1CC(=O)Nc2cc(Br)cc(N)c2O1. The number of hydrogen-bond donors (Lipinski definition) is 2. The van der Waals surface area contributed by atoms with Crippen molar-refractivity contribution in [1.29, 1.82) is 0 Å². The number of hydrogen-bond acceptors (Lipinski definition) is 3. The van der Waals surface area contributed by atoms with E-state index in [1.54, 1.807) is 12.1 Å². The molecular weight excluding hydrogens is 260 g/mol. The molecule has 0 saturated heterocycles. The minimum Gasteiger partial charge on any atom is -0.486 e. The van der Waals surface area contributed by atoms with Crippen molar-refractivity contribution >= 4 is 33.2 Å². The first-order valence-electron chi connectivity index (χ1n) is 4.62. The van der Waals surface area contributed by atoms with E-state index in [-0.39, 0.29) is 12.0 Å². The standard InChI is InChI=1S/C10H11BrN2O2/c1-5-2-9(14)13-8-4-6(11)3-7(12)10(8)15-5/h3-5H,2,12H2,1H3,(H,13,14). The molecule has 0 saturated carbocycles. The number of nitrogens with one attached hydrogen (secondary N) is 1. The third-order valence-corrected chi connectivity index (χ3v) is 2.61. The van der Waals surface area contributed by atoms with Crippen LogP contribution in [-0.2, 0) is 4.79 Å². The molecule has 1 unspecified atom stereocenters. The van der Waals surface area contributed by atoms with E-state index < -0.39 is 0 Å². The molecule has 1 heterocycles. The Kier molecular flexibility index (Phi) is 2.56. The minimum atomic E-state index is -0.158. The first kappa shape index (κ1) is 10.3. The van der Waals surface area contributed by atoms with Crippen LogP contribution < -0.4 is 15.8 Å². The summed E-state index contributed by atoms with van der Waals surface area (Å²) in [5, 5.41) is 2.76. The molecule has 1 amide bonds. The van der Waals surface area contributed by atoms with Crippen molar-refractivity contribution in [3.8, 4) is 5.75 Å². The Morgan fingerprint density at radius 3 is 3.07 bits per heavy atom. The maximum absolute atomic E-state index is 11.4. The maximum Gasteiger partial charge on any atom is 0.228 e. The zero-order valence-corrected chi connectivity index (χ0v) is 9.80. The van der Waals surface area contributed by atoms with Crippen LogP contribution in [-0.4, -0.2) is 12.0 Å². The lowest BCUT2D eigenvalue weighted by Crippen LogP contribution is -2.17. The maximum atomic E-state index is 11.4. The summed E-state index contributed by atoms with van der Waals surface area (Å²) in [6, 6.07) is 3.53. The molecule has 3 N–H and O–H groups in total. The molecule has 80 valence electrons. The van der Waals surface area contributed by atoms with Gasteiger partial charge in [0, 0.05) is 4.47 Å². The van der Waals surface area contributed by atoms with Crippen molar-refractivity contribution in [1.82, 2.24) is 0 Å². The number of anilines is 2. The number of amides is 1. The van der Waals surface area contributed by atoms with Gasteiger partial charge in [-0.3, -0.25) is 4.79 Å². The van der Waals surface area contributed by atoms with Crippen LogP contribution in [0.5, 0.6) is 5.75 Å². The fourth-order valence-corrected chi connectivity index (χ4v) is 2.02. The molecule has 0 radical (unpaired) electrons.